The number of amides is 4. The van der Waals surface area contributed by atoms with Gasteiger partial charge in [0.25, 0.3) is 0 Å². The van der Waals surface area contributed by atoms with Crippen LogP contribution in [0.1, 0.15) is 0 Å². The van der Waals surface area contributed by atoms with Gasteiger partial charge >= 0.3 is 23.9 Å². The summed E-state index contributed by atoms with van der Waals surface area (Å²) in [5, 5.41) is 13.2. The molecule has 80 valence electrons. The molecule has 4 amide bonds. The average Bonchev–Trinajstić information content (AvgIpc) is 1.82. The molecule has 14 heavy (non-hydrogen) atoms. The molecule has 0 bridgehead atoms. The van der Waals surface area contributed by atoms with E-state index in [9.17, 15) is 24.5 Å². The van der Waals surface area contributed by atoms with E-state index in [1.54, 1.807) is 10.6 Å². The van der Waals surface area contributed by atoms with E-state index in [2.05, 4.69) is 0 Å². The van der Waals surface area contributed by atoms with Gasteiger partial charge < -0.3 is 12.3 Å². The second-order valence-electron chi connectivity index (χ2n) is 2.00. The van der Waals surface area contributed by atoms with E-state index >= 15 is 0 Å². The first-order valence-corrected chi connectivity index (χ1v) is 2.81. The molecule has 1 aliphatic rings. The van der Waals surface area contributed by atoms with Crippen molar-refractivity contribution in [3.8, 4) is 0 Å². The van der Waals surface area contributed by atoms with Gasteiger partial charge in [0.05, 0.1) is 0 Å². The van der Waals surface area contributed by atoms with Crippen molar-refractivity contribution in [2.75, 3.05) is 0 Å². The summed E-state index contributed by atoms with van der Waals surface area (Å²) in [6, 6.07) is -3.06. The van der Waals surface area contributed by atoms with Crippen LogP contribution in [0.5, 0.6) is 0 Å². The SMILES string of the molecule is N.N.O=C1NC(=O)C([N+](=O)[O-])C(=O)N1. The summed E-state index contributed by atoms with van der Waals surface area (Å²) in [6.45, 7) is 0. The Labute approximate surface area is 77.3 Å². The summed E-state index contributed by atoms with van der Waals surface area (Å²) >= 11 is 0. The Morgan fingerprint density at radius 2 is 1.43 bits per heavy atom. The van der Waals surface area contributed by atoms with Gasteiger partial charge in [-0.1, -0.05) is 0 Å². The van der Waals surface area contributed by atoms with Crippen molar-refractivity contribution < 1.29 is 19.3 Å². The summed E-state index contributed by atoms with van der Waals surface area (Å²) in [5.74, 6) is -2.43. The number of nitrogens with zero attached hydrogens (tertiary/aromatic N) is 1. The first-order chi connectivity index (χ1) is 5.52. The molecular weight excluding hydrogens is 198 g/mol. The molecule has 0 unspecified atom stereocenters. The highest BCUT2D eigenvalue weighted by Gasteiger charge is 2.43. The zero-order valence-corrected chi connectivity index (χ0v) is 6.98. The highest BCUT2D eigenvalue weighted by atomic mass is 16.6. The van der Waals surface area contributed by atoms with Crippen molar-refractivity contribution in [2.24, 2.45) is 0 Å². The second kappa shape index (κ2) is 4.84. The molecule has 8 N–H and O–H groups in total. The quantitative estimate of drug-likeness (QED) is 0.224. The Morgan fingerprint density at radius 1 is 1.07 bits per heavy atom. The maximum atomic E-state index is 10.6. The summed E-state index contributed by atoms with van der Waals surface area (Å²) in [6.07, 6.45) is 0. The first kappa shape index (κ1) is 14.5. The molecule has 0 atom stereocenters. The zero-order chi connectivity index (χ0) is 9.30. The molecule has 0 aromatic heterocycles. The predicted molar refractivity (Wildman–Crippen MR) is 42.5 cm³/mol. The normalized spacial score (nSPS) is 15.9. The third kappa shape index (κ3) is 2.46. The molecule has 0 radical (unpaired) electrons. The van der Waals surface area contributed by atoms with Crippen LogP contribution in [0.15, 0.2) is 0 Å². The fourth-order valence-electron chi connectivity index (χ4n) is 0.702. The van der Waals surface area contributed by atoms with Gasteiger partial charge in [-0.3, -0.25) is 30.3 Å². The van der Waals surface area contributed by atoms with Crippen molar-refractivity contribution in [3.63, 3.8) is 0 Å². The van der Waals surface area contributed by atoms with Crippen LogP contribution in [0.2, 0.25) is 0 Å². The van der Waals surface area contributed by atoms with E-state index in [-0.39, 0.29) is 12.3 Å². The van der Waals surface area contributed by atoms with Crippen LogP contribution >= 0.6 is 0 Å². The van der Waals surface area contributed by atoms with E-state index in [4.69, 9.17) is 0 Å². The van der Waals surface area contributed by atoms with Gasteiger partial charge in [0, 0.05) is 4.92 Å². The van der Waals surface area contributed by atoms with Crippen LogP contribution in [0.3, 0.4) is 0 Å². The van der Waals surface area contributed by atoms with Crippen LogP contribution in [0.25, 0.3) is 0 Å². The molecule has 10 nitrogen and oxygen atoms in total. The molecule has 0 aromatic rings. The summed E-state index contributed by atoms with van der Waals surface area (Å²) < 4.78 is 0. The lowest BCUT2D eigenvalue weighted by Gasteiger charge is -2.13. The lowest BCUT2D eigenvalue weighted by molar-refractivity contribution is -0.494. The maximum absolute atomic E-state index is 10.6. The van der Waals surface area contributed by atoms with Crippen LogP contribution in [0.4, 0.5) is 4.79 Å². The number of barbiturate groups is 1. The molecule has 1 rings (SSSR count). The molecule has 10 heteroatoms. The van der Waals surface area contributed by atoms with Gasteiger partial charge in [-0.05, 0) is 0 Å². The molecular formula is C4H9N5O5. The van der Waals surface area contributed by atoms with Gasteiger partial charge in [0.2, 0.25) is 0 Å². The number of nitro groups is 1. The summed E-state index contributed by atoms with van der Waals surface area (Å²) in [5.41, 5.74) is 0. The number of rotatable bonds is 1. The van der Waals surface area contributed by atoms with Gasteiger partial charge in [-0.25, -0.2) is 4.79 Å². The summed E-state index contributed by atoms with van der Waals surface area (Å²) in [7, 11) is 0. The van der Waals surface area contributed by atoms with E-state index in [1.807, 2.05) is 0 Å². The third-order valence-corrected chi connectivity index (χ3v) is 1.18. The minimum Gasteiger partial charge on any atom is -0.344 e. The third-order valence-electron chi connectivity index (χ3n) is 1.18. The maximum Gasteiger partial charge on any atom is 0.366 e. The Bertz CT molecular complexity index is 268. The second-order valence-corrected chi connectivity index (χ2v) is 2.00. The number of imide groups is 2. The number of hydrogen-bond acceptors (Lipinski definition) is 7. The van der Waals surface area contributed by atoms with Gasteiger partial charge in [0.1, 0.15) is 0 Å². The molecule has 1 heterocycles. The molecule has 1 saturated heterocycles. The molecule has 1 fully saturated rings. The zero-order valence-electron chi connectivity index (χ0n) is 6.98. The van der Waals surface area contributed by atoms with E-state index in [1.165, 1.54) is 0 Å². The van der Waals surface area contributed by atoms with Crippen molar-refractivity contribution >= 4 is 17.8 Å². The number of urea groups is 1. The van der Waals surface area contributed by atoms with Gasteiger partial charge in [-0.15, -0.1) is 0 Å². The standard InChI is InChI=1S/C4H3N3O5.2H3N/c8-2-1(7(11)12)3(9)6-4(10)5-2;;/h1H,(H2,5,6,8,9,10);2*1H3. The molecule has 1 aliphatic heterocycles. The van der Waals surface area contributed by atoms with Crippen LogP contribution in [-0.2, 0) is 9.59 Å². The number of hydrogen-bond donors (Lipinski definition) is 4. The first-order valence-electron chi connectivity index (χ1n) is 2.81. The fourth-order valence-corrected chi connectivity index (χ4v) is 0.702. The van der Waals surface area contributed by atoms with Crippen LogP contribution in [-0.4, -0.2) is 28.8 Å². The highest BCUT2D eigenvalue weighted by molar-refractivity contribution is 6.17. The molecule has 0 spiro atoms. The van der Waals surface area contributed by atoms with Crippen molar-refractivity contribution in [1.82, 2.24) is 22.9 Å². The number of carbonyl (C=O) groups is 3. The largest absolute Gasteiger partial charge is 0.366 e. The minimum absolute atomic E-state index is 0. The topological polar surface area (TPSA) is 188 Å². The Hall–Kier alpha value is -2.07. The molecule has 0 saturated carbocycles. The monoisotopic (exact) mass is 207 g/mol. The van der Waals surface area contributed by atoms with Crippen molar-refractivity contribution in [2.45, 2.75) is 6.04 Å². The van der Waals surface area contributed by atoms with Crippen molar-refractivity contribution in [1.29, 1.82) is 0 Å². The number of nitrogens with one attached hydrogen (secondary N) is 2. The van der Waals surface area contributed by atoms with E-state index < -0.39 is 28.8 Å². The number of carbonyl (C=O) groups excluding carboxylic acids is 3. The lowest BCUT2D eigenvalue weighted by Crippen LogP contribution is -2.61. The average molecular weight is 207 g/mol. The summed E-state index contributed by atoms with van der Waals surface area (Å²) in [4.78, 5) is 40.6. The van der Waals surface area contributed by atoms with Gasteiger partial charge in [0.15, 0.2) is 0 Å². The van der Waals surface area contributed by atoms with E-state index in [0.29, 0.717) is 0 Å². The Balaban J connectivity index is 0. The lowest BCUT2D eigenvalue weighted by atomic mass is 10.2. The fraction of sp³-hybridized carbons (Fsp3) is 0.250. The molecule has 0 aliphatic carbocycles. The van der Waals surface area contributed by atoms with Gasteiger partial charge in [-0.2, -0.15) is 0 Å². The van der Waals surface area contributed by atoms with Crippen molar-refractivity contribution in [3.05, 3.63) is 10.1 Å². The predicted octanol–water partition coefficient (Wildman–Crippen LogP) is -1.68. The van der Waals surface area contributed by atoms with Crippen LogP contribution in [0, 0.1) is 10.1 Å². The smallest absolute Gasteiger partial charge is 0.344 e. The van der Waals surface area contributed by atoms with E-state index in [0.717, 1.165) is 0 Å². The Kier molecular flexibility index (Phi) is 4.99. The Morgan fingerprint density at radius 3 is 1.71 bits per heavy atom. The highest BCUT2D eigenvalue weighted by Crippen LogP contribution is 1.95. The molecule has 0 aromatic carbocycles. The van der Waals surface area contributed by atoms with Crippen LogP contribution < -0.4 is 22.9 Å². The minimum atomic E-state index is -2.03.